The number of anilines is 2. The van der Waals surface area contributed by atoms with Crippen molar-refractivity contribution in [3.8, 4) is 22.9 Å². The third-order valence-electron chi connectivity index (χ3n) is 7.80. The maximum atomic E-state index is 13.3. The van der Waals surface area contributed by atoms with Gasteiger partial charge < -0.3 is 19.7 Å². The Morgan fingerprint density at radius 1 is 1.00 bits per heavy atom. The summed E-state index contributed by atoms with van der Waals surface area (Å²) in [6.07, 6.45) is 4.51. The number of aryl methyl sites for hydroxylation is 1. The van der Waals surface area contributed by atoms with Crippen molar-refractivity contribution in [2.75, 3.05) is 23.1 Å². The van der Waals surface area contributed by atoms with Crippen molar-refractivity contribution in [2.24, 2.45) is 0 Å². The number of aromatic nitrogens is 4. The van der Waals surface area contributed by atoms with Crippen molar-refractivity contribution in [3.05, 3.63) is 89.7 Å². The minimum Gasteiger partial charge on any atom is -0.444 e. The molecule has 254 valence electrons. The van der Waals surface area contributed by atoms with Gasteiger partial charge >= 0.3 is 6.09 Å². The van der Waals surface area contributed by atoms with Gasteiger partial charge in [-0.3, -0.25) is 4.72 Å². The molecule has 0 radical (unpaired) electrons. The molecule has 2 N–H and O–H groups in total. The second-order valence-corrected chi connectivity index (χ2v) is 14.7. The van der Waals surface area contributed by atoms with Gasteiger partial charge in [-0.05, 0) is 76.4 Å². The Hall–Kier alpha value is -5.01. The van der Waals surface area contributed by atoms with Crippen molar-refractivity contribution < 1.29 is 22.7 Å². The maximum Gasteiger partial charge on any atom is 0.410 e. The molecule has 1 amide bonds. The Balaban J connectivity index is 1.26. The van der Waals surface area contributed by atoms with Crippen LogP contribution in [0.4, 0.5) is 16.4 Å². The second-order valence-electron chi connectivity index (χ2n) is 12.7. The van der Waals surface area contributed by atoms with E-state index in [-0.39, 0.29) is 27.9 Å². The molecular weight excluding hydrogens is 666 g/mol. The van der Waals surface area contributed by atoms with Crippen LogP contribution in [0, 0.1) is 6.92 Å². The fourth-order valence-electron chi connectivity index (χ4n) is 5.56. The number of halogens is 1. The first-order valence-corrected chi connectivity index (χ1v) is 17.6. The normalized spacial score (nSPS) is 15.1. The molecule has 0 aliphatic carbocycles. The molecule has 0 saturated carbocycles. The van der Waals surface area contributed by atoms with E-state index in [1.807, 2.05) is 45.9 Å². The lowest BCUT2D eigenvalue weighted by molar-refractivity contribution is 0.0206. The van der Waals surface area contributed by atoms with Gasteiger partial charge in [-0.2, -0.15) is 5.10 Å². The van der Waals surface area contributed by atoms with E-state index in [1.54, 1.807) is 53.7 Å². The molecule has 3 heterocycles. The molecule has 2 aromatic heterocycles. The number of likely N-dealkylation sites (tertiary alicyclic amines) is 1. The summed E-state index contributed by atoms with van der Waals surface area (Å²) < 4.78 is 41.2. The van der Waals surface area contributed by atoms with Gasteiger partial charge in [0.25, 0.3) is 10.0 Å². The highest BCUT2D eigenvalue weighted by Crippen LogP contribution is 2.39. The average Bonchev–Trinajstić information content (AvgIpc) is 3.06. The van der Waals surface area contributed by atoms with Crippen LogP contribution in [0.1, 0.15) is 39.2 Å². The summed E-state index contributed by atoms with van der Waals surface area (Å²) in [7, 11) is -3.98. The van der Waals surface area contributed by atoms with Gasteiger partial charge in [0, 0.05) is 36.1 Å². The van der Waals surface area contributed by atoms with Crippen LogP contribution in [0.2, 0.25) is 5.02 Å². The molecule has 1 atom stereocenters. The van der Waals surface area contributed by atoms with E-state index in [9.17, 15) is 13.2 Å². The summed E-state index contributed by atoms with van der Waals surface area (Å²) >= 11 is 6.21. The van der Waals surface area contributed by atoms with Crippen LogP contribution < -0.4 is 14.8 Å². The van der Waals surface area contributed by atoms with Crippen molar-refractivity contribution in [1.29, 1.82) is 0 Å². The smallest absolute Gasteiger partial charge is 0.410 e. The molecule has 1 fully saturated rings. The van der Waals surface area contributed by atoms with E-state index < -0.39 is 15.6 Å². The van der Waals surface area contributed by atoms with E-state index in [0.717, 1.165) is 18.4 Å². The molecule has 1 aliphatic rings. The highest BCUT2D eigenvalue weighted by atomic mass is 35.5. The van der Waals surface area contributed by atoms with Crippen LogP contribution in [-0.2, 0) is 14.8 Å². The molecule has 0 unspecified atom stereocenters. The van der Waals surface area contributed by atoms with Gasteiger partial charge in [0.1, 0.15) is 16.2 Å². The van der Waals surface area contributed by atoms with E-state index in [2.05, 4.69) is 25.2 Å². The fraction of sp³-hybridized carbons (Fsp3) is 0.286. The molecule has 3 aromatic carbocycles. The zero-order chi connectivity index (χ0) is 34.8. The monoisotopic (exact) mass is 701 g/mol. The van der Waals surface area contributed by atoms with Crippen molar-refractivity contribution >= 4 is 50.1 Å². The molecule has 0 spiro atoms. The van der Waals surface area contributed by atoms with Crippen LogP contribution in [0.25, 0.3) is 22.0 Å². The van der Waals surface area contributed by atoms with Gasteiger partial charge in [0.15, 0.2) is 0 Å². The number of carbonyl (C=O) groups is 1. The SMILES string of the molecule is Cc1ccc2c(NS(=O)(=O)c3ccccc3Cl)cccc2c1Oc1nnccc1-c1ccnc(N[C@H]2CCCN(C(=O)OC(C)(C)C)C2)n1. The summed E-state index contributed by atoms with van der Waals surface area (Å²) in [4.78, 5) is 23.5. The summed E-state index contributed by atoms with van der Waals surface area (Å²) in [5.74, 6) is 1.08. The number of hydrogen-bond acceptors (Lipinski definition) is 10. The highest BCUT2D eigenvalue weighted by molar-refractivity contribution is 7.92. The second kappa shape index (κ2) is 13.8. The molecule has 0 bridgehead atoms. The number of carbonyl (C=O) groups excluding carboxylic acids is 1. The molecule has 1 saturated heterocycles. The first-order valence-electron chi connectivity index (χ1n) is 15.7. The number of fused-ring (bicyclic) bond motifs is 1. The van der Waals surface area contributed by atoms with Crippen LogP contribution in [0.5, 0.6) is 11.6 Å². The van der Waals surface area contributed by atoms with Gasteiger partial charge in [0.2, 0.25) is 11.8 Å². The molecule has 14 heteroatoms. The van der Waals surface area contributed by atoms with Gasteiger partial charge in [-0.1, -0.05) is 48.0 Å². The standard InChI is InChI=1S/C35H36ClN7O5S/c1-22-14-15-24-25(10-7-12-29(24)42-49(45,46)30-13-6-5-11-27(30)36)31(22)47-32-26(16-19-38-41-32)28-17-18-37-33(40-28)39-23-9-8-20-43(21-23)34(44)48-35(2,3)4/h5-7,10-19,23,42H,8-9,20-21H2,1-4H3,(H,37,39,40)/t23-/m0/s1. The number of piperidine rings is 1. The summed E-state index contributed by atoms with van der Waals surface area (Å²) in [6.45, 7) is 8.53. The third kappa shape index (κ3) is 7.84. The van der Waals surface area contributed by atoms with Crippen LogP contribution in [-0.4, -0.2) is 64.3 Å². The molecule has 1 aliphatic heterocycles. The van der Waals surface area contributed by atoms with Crippen LogP contribution in [0.15, 0.2) is 84.0 Å². The Kier molecular flexibility index (Phi) is 9.57. The van der Waals surface area contributed by atoms with E-state index in [0.29, 0.717) is 52.5 Å². The van der Waals surface area contributed by atoms with Gasteiger partial charge in [0.05, 0.1) is 28.2 Å². The Morgan fingerprint density at radius 3 is 2.61 bits per heavy atom. The number of nitrogens with zero attached hydrogens (tertiary/aromatic N) is 5. The highest BCUT2D eigenvalue weighted by Gasteiger charge is 2.28. The Labute approximate surface area is 289 Å². The largest absolute Gasteiger partial charge is 0.444 e. The van der Waals surface area contributed by atoms with Crippen LogP contribution >= 0.6 is 11.6 Å². The zero-order valence-corrected chi connectivity index (χ0v) is 29.0. The minimum absolute atomic E-state index is 0.0241. The lowest BCUT2D eigenvalue weighted by atomic mass is 10.0. The van der Waals surface area contributed by atoms with Crippen molar-refractivity contribution in [1.82, 2.24) is 25.1 Å². The minimum atomic E-state index is -3.98. The predicted octanol–water partition coefficient (Wildman–Crippen LogP) is 7.45. The van der Waals surface area contributed by atoms with Crippen molar-refractivity contribution in [2.45, 2.75) is 57.1 Å². The first-order chi connectivity index (χ1) is 23.4. The number of hydrogen-bond donors (Lipinski definition) is 2. The molecule has 49 heavy (non-hydrogen) atoms. The molecule has 5 aromatic rings. The number of benzene rings is 3. The number of rotatable bonds is 8. The zero-order valence-electron chi connectivity index (χ0n) is 27.5. The third-order valence-corrected chi connectivity index (χ3v) is 9.67. The van der Waals surface area contributed by atoms with E-state index >= 15 is 0 Å². The number of nitrogens with one attached hydrogen (secondary N) is 2. The Morgan fingerprint density at radius 2 is 1.82 bits per heavy atom. The van der Waals surface area contributed by atoms with Crippen LogP contribution in [0.3, 0.4) is 0 Å². The number of ether oxygens (including phenoxy) is 2. The van der Waals surface area contributed by atoms with E-state index in [4.69, 9.17) is 26.1 Å². The lowest BCUT2D eigenvalue weighted by Crippen LogP contribution is -2.47. The van der Waals surface area contributed by atoms with Crippen molar-refractivity contribution in [3.63, 3.8) is 0 Å². The predicted molar refractivity (Wildman–Crippen MR) is 189 cm³/mol. The summed E-state index contributed by atoms with van der Waals surface area (Å²) in [5.41, 5.74) is 1.71. The first kappa shape index (κ1) is 33.9. The number of amides is 1. The quantitative estimate of drug-likeness (QED) is 0.167. The topological polar surface area (TPSA) is 149 Å². The van der Waals surface area contributed by atoms with Gasteiger partial charge in [-0.15, -0.1) is 5.10 Å². The fourth-order valence-corrected chi connectivity index (χ4v) is 7.16. The molecule has 12 nitrogen and oxygen atoms in total. The summed E-state index contributed by atoms with van der Waals surface area (Å²) in [5, 5.41) is 13.1. The summed E-state index contributed by atoms with van der Waals surface area (Å²) in [6, 6.07) is 18.6. The number of sulfonamides is 1. The average molecular weight is 702 g/mol. The molecule has 6 rings (SSSR count). The van der Waals surface area contributed by atoms with E-state index in [1.165, 1.54) is 12.1 Å². The lowest BCUT2D eigenvalue weighted by Gasteiger charge is -2.34. The molecular formula is C35H36ClN7O5S. The van der Waals surface area contributed by atoms with Gasteiger partial charge in [-0.25, -0.2) is 23.2 Å². The maximum absolute atomic E-state index is 13.3. The Bertz CT molecular complexity index is 2120.